The largest absolute Gasteiger partial charge is 0.391 e. The molecule has 152 valence electrons. The van der Waals surface area contributed by atoms with E-state index in [1.165, 1.54) is 11.3 Å². The van der Waals surface area contributed by atoms with Gasteiger partial charge in [0.2, 0.25) is 0 Å². The Labute approximate surface area is 179 Å². The number of aliphatic hydroxyl groups is 1. The van der Waals surface area contributed by atoms with Crippen molar-refractivity contribution < 1.29 is 9.90 Å². The number of thiazole rings is 1. The third kappa shape index (κ3) is 3.08. The highest BCUT2D eigenvalue weighted by atomic mass is 32.1. The van der Waals surface area contributed by atoms with E-state index in [1.807, 2.05) is 35.1 Å². The number of hydrogen-bond acceptors (Lipinski definition) is 6. The van der Waals surface area contributed by atoms with Gasteiger partial charge in [-0.3, -0.25) is 9.69 Å². The van der Waals surface area contributed by atoms with E-state index in [-0.39, 0.29) is 17.9 Å². The van der Waals surface area contributed by atoms with Gasteiger partial charge in [-0.1, -0.05) is 0 Å². The predicted molar refractivity (Wildman–Crippen MR) is 115 cm³/mol. The number of benzene rings is 1. The topological polar surface area (TPSA) is 82.2 Å². The molecule has 3 aromatic rings. The molecule has 5 rings (SSSR count). The Kier molecular flexibility index (Phi) is 4.78. The van der Waals surface area contributed by atoms with Crippen molar-refractivity contribution in [1.29, 1.82) is 5.26 Å². The fourth-order valence-corrected chi connectivity index (χ4v) is 5.62. The summed E-state index contributed by atoms with van der Waals surface area (Å²) in [6, 6.07) is 11.9. The second kappa shape index (κ2) is 7.47. The lowest BCUT2D eigenvalue weighted by atomic mass is 9.98. The number of rotatable bonds is 5. The van der Waals surface area contributed by atoms with Crippen molar-refractivity contribution in [2.24, 2.45) is 0 Å². The molecule has 1 aromatic carbocycles. The Morgan fingerprint density at radius 3 is 2.73 bits per heavy atom. The lowest BCUT2D eigenvalue weighted by Gasteiger charge is -2.21. The van der Waals surface area contributed by atoms with Crippen LogP contribution in [0.15, 0.2) is 41.9 Å². The quantitative estimate of drug-likeness (QED) is 0.641. The first-order valence-electron chi connectivity index (χ1n) is 10.2. The summed E-state index contributed by atoms with van der Waals surface area (Å²) in [6.45, 7) is 2.29. The van der Waals surface area contributed by atoms with Gasteiger partial charge in [-0.25, -0.2) is 4.98 Å². The normalized spacial score (nSPS) is 23.0. The van der Waals surface area contributed by atoms with E-state index in [4.69, 9.17) is 5.26 Å². The Bertz CT molecular complexity index is 1130. The van der Waals surface area contributed by atoms with E-state index < -0.39 is 0 Å². The van der Waals surface area contributed by atoms with Crippen LogP contribution >= 0.6 is 11.3 Å². The van der Waals surface area contributed by atoms with Crippen LogP contribution in [0.3, 0.4) is 0 Å². The Balaban J connectivity index is 1.53. The summed E-state index contributed by atoms with van der Waals surface area (Å²) in [7, 11) is 0. The second-order valence-electron chi connectivity index (χ2n) is 8.06. The molecule has 6 nitrogen and oxygen atoms in total. The van der Waals surface area contributed by atoms with Crippen molar-refractivity contribution in [2.45, 2.75) is 44.4 Å². The molecule has 4 heterocycles. The van der Waals surface area contributed by atoms with Crippen LogP contribution in [0.5, 0.6) is 0 Å². The molecule has 0 radical (unpaired) electrons. The van der Waals surface area contributed by atoms with Crippen molar-refractivity contribution >= 4 is 17.1 Å². The van der Waals surface area contributed by atoms with Gasteiger partial charge < -0.3 is 9.67 Å². The fraction of sp³-hybridized carbons (Fsp3) is 0.348. The minimum atomic E-state index is -0.313. The Hall–Kier alpha value is -2.79. The van der Waals surface area contributed by atoms with Crippen LogP contribution in [0.25, 0.3) is 16.4 Å². The fourth-order valence-electron chi connectivity index (χ4n) is 4.98. The van der Waals surface area contributed by atoms with Crippen molar-refractivity contribution in [1.82, 2.24) is 14.5 Å². The summed E-state index contributed by atoms with van der Waals surface area (Å²) in [4.78, 5) is 20.0. The van der Waals surface area contributed by atoms with Gasteiger partial charge in [-0.05, 0) is 56.5 Å². The third-order valence-electron chi connectivity index (χ3n) is 6.43. The number of Topliss-reactive ketones (excluding diaryl/α,β-unsaturated/α-hetero) is 1. The maximum atomic E-state index is 13.3. The molecule has 2 saturated heterocycles. The number of hydrogen-bond donors (Lipinski definition) is 1. The van der Waals surface area contributed by atoms with E-state index >= 15 is 0 Å². The first-order valence-corrected chi connectivity index (χ1v) is 11.0. The summed E-state index contributed by atoms with van der Waals surface area (Å²) in [5.41, 5.74) is 3.92. The van der Waals surface area contributed by atoms with E-state index in [2.05, 4.69) is 16.0 Å². The SMILES string of the molecule is Cc1c(C(=O)CN2C3CCC2[C@@H](O)C3)cc(-c2nccs2)n1-c1ccc(C#N)cc1. The van der Waals surface area contributed by atoms with Crippen LogP contribution < -0.4 is 0 Å². The zero-order valence-corrected chi connectivity index (χ0v) is 17.5. The summed E-state index contributed by atoms with van der Waals surface area (Å²) >= 11 is 1.53. The first-order chi connectivity index (χ1) is 14.6. The zero-order chi connectivity index (χ0) is 20.8. The Morgan fingerprint density at radius 2 is 2.13 bits per heavy atom. The molecule has 2 aromatic heterocycles. The number of aromatic nitrogens is 2. The van der Waals surface area contributed by atoms with Crippen LogP contribution in [-0.4, -0.2) is 50.1 Å². The molecule has 2 fully saturated rings. The lowest BCUT2D eigenvalue weighted by molar-refractivity contribution is 0.0873. The second-order valence-corrected chi connectivity index (χ2v) is 8.95. The first kappa shape index (κ1) is 19.2. The van der Waals surface area contributed by atoms with Gasteiger partial charge in [0.15, 0.2) is 5.78 Å². The van der Waals surface area contributed by atoms with Gasteiger partial charge in [-0.15, -0.1) is 11.3 Å². The molecule has 1 N–H and O–H groups in total. The number of fused-ring (bicyclic) bond motifs is 2. The smallest absolute Gasteiger partial charge is 0.178 e. The lowest BCUT2D eigenvalue weighted by Crippen LogP contribution is -2.36. The van der Waals surface area contributed by atoms with Crippen LogP contribution in [0.1, 0.15) is 40.9 Å². The number of nitriles is 1. The van der Waals surface area contributed by atoms with Crippen LogP contribution in [0.4, 0.5) is 0 Å². The molecule has 2 aliphatic rings. The average molecular weight is 419 g/mol. The van der Waals surface area contributed by atoms with Gasteiger partial charge in [0.05, 0.1) is 30.0 Å². The van der Waals surface area contributed by atoms with E-state index in [1.54, 1.807) is 18.3 Å². The molecule has 2 aliphatic heterocycles. The number of nitrogens with zero attached hydrogens (tertiary/aromatic N) is 4. The van der Waals surface area contributed by atoms with Gasteiger partial charge in [0.1, 0.15) is 5.01 Å². The highest BCUT2D eigenvalue weighted by molar-refractivity contribution is 7.13. The predicted octanol–water partition coefficient (Wildman–Crippen LogP) is 3.56. The Morgan fingerprint density at radius 1 is 1.33 bits per heavy atom. The zero-order valence-electron chi connectivity index (χ0n) is 16.7. The molecular formula is C23H22N4O2S. The highest BCUT2D eigenvalue weighted by Gasteiger charge is 2.46. The summed E-state index contributed by atoms with van der Waals surface area (Å²) in [6.07, 6.45) is 4.25. The average Bonchev–Trinajstić information content (AvgIpc) is 3.52. The molecule has 2 unspecified atom stereocenters. The van der Waals surface area contributed by atoms with Crippen molar-refractivity contribution in [3.05, 3.63) is 58.7 Å². The molecule has 3 atom stereocenters. The minimum absolute atomic E-state index is 0.0729. The summed E-state index contributed by atoms with van der Waals surface area (Å²) in [5.74, 6) is 0.0729. The van der Waals surface area contributed by atoms with E-state index in [9.17, 15) is 9.90 Å². The molecule has 2 bridgehead atoms. The highest BCUT2D eigenvalue weighted by Crippen LogP contribution is 2.38. The number of carbonyl (C=O) groups is 1. The van der Waals surface area contributed by atoms with Crippen molar-refractivity contribution in [3.63, 3.8) is 0 Å². The molecule has 30 heavy (non-hydrogen) atoms. The minimum Gasteiger partial charge on any atom is -0.391 e. The standard InChI is InChI=1S/C23H22N4O2S/c1-14-18(22(29)13-26-17-6-7-19(26)21(28)10-17)11-20(23-25-8-9-30-23)27(14)16-4-2-15(12-24)3-5-16/h2-5,8-9,11,17,19,21,28H,6-7,10,13H2,1H3/t17?,19?,21-/m0/s1. The van der Waals surface area contributed by atoms with E-state index in [0.717, 1.165) is 41.3 Å². The van der Waals surface area contributed by atoms with Gasteiger partial charge >= 0.3 is 0 Å². The number of ketones is 1. The number of carbonyl (C=O) groups excluding carboxylic acids is 1. The third-order valence-corrected chi connectivity index (χ3v) is 7.22. The summed E-state index contributed by atoms with van der Waals surface area (Å²) in [5, 5.41) is 22.1. The van der Waals surface area contributed by atoms with Crippen LogP contribution in [0.2, 0.25) is 0 Å². The van der Waals surface area contributed by atoms with Crippen molar-refractivity contribution in [3.8, 4) is 22.5 Å². The molecule has 0 amide bonds. The summed E-state index contributed by atoms with van der Waals surface area (Å²) < 4.78 is 2.04. The molecular weight excluding hydrogens is 396 g/mol. The van der Waals surface area contributed by atoms with Gasteiger partial charge in [0.25, 0.3) is 0 Å². The molecule has 0 spiro atoms. The number of aliphatic hydroxyl groups excluding tert-OH is 1. The van der Waals surface area contributed by atoms with Gasteiger partial charge in [-0.2, -0.15) is 5.26 Å². The van der Waals surface area contributed by atoms with Crippen molar-refractivity contribution in [2.75, 3.05) is 6.54 Å². The van der Waals surface area contributed by atoms with Crippen LogP contribution in [-0.2, 0) is 0 Å². The maximum Gasteiger partial charge on any atom is 0.178 e. The van der Waals surface area contributed by atoms with Gasteiger partial charge in [0, 0.05) is 40.6 Å². The maximum absolute atomic E-state index is 13.3. The monoisotopic (exact) mass is 418 g/mol. The molecule has 0 aliphatic carbocycles. The van der Waals surface area contributed by atoms with Crippen LogP contribution in [0, 0.1) is 18.3 Å². The molecule has 0 saturated carbocycles. The van der Waals surface area contributed by atoms with E-state index in [0.29, 0.717) is 23.7 Å². The molecule has 7 heteroatoms.